The number of fused-ring (bicyclic) bond motifs is 3. The lowest BCUT2D eigenvalue weighted by Gasteiger charge is -2.36. The van der Waals surface area contributed by atoms with Crippen LogP contribution in [-0.4, -0.2) is 12.6 Å². The second kappa shape index (κ2) is 12.0. The van der Waals surface area contributed by atoms with Crippen molar-refractivity contribution in [1.82, 2.24) is 4.57 Å². The smallest absolute Gasteiger partial charge is 0.194 e. The number of hydrogen-bond acceptors (Lipinski definition) is 1. The topological polar surface area (TPSA) is 33.1 Å². The molecule has 0 aliphatic carbocycles. The lowest BCUT2D eigenvalue weighted by Crippen LogP contribution is -2.75. The summed E-state index contributed by atoms with van der Waals surface area (Å²) in [7, 11) is -3.04. The van der Waals surface area contributed by atoms with Crippen molar-refractivity contribution >= 4 is 56.3 Å². The molecule has 8 aromatic rings. The number of rotatable bonds is 6. The SMILES string of the molecule is [C-]#[N+]c1cccc([Si](c2ccccc2)(c2ccccc2)c2ccccc2)c1-c1cc(-n2c3ccccc3c3ccccc32)ccc1C#N. The Kier molecular flexibility index (Phi) is 7.27. The number of para-hydroxylation sites is 2. The van der Waals surface area contributed by atoms with Gasteiger partial charge in [-0.25, -0.2) is 4.85 Å². The fourth-order valence-corrected chi connectivity index (χ4v) is 12.4. The summed E-state index contributed by atoms with van der Waals surface area (Å²) in [6.07, 6.45) is 0. The van der Waals surface area contributed by atoms with E-state index in [0.717, 1.165) is 33.0 Å². The molecule has 0 amide bonds. The Labute approximate surface area is 281 Å². The lowest BCUT2D eigenvalue weighted by molar-refractivity contribution is 1.18. The van der Waals surface area contributed by atoms with Gasteiger partial charge < -0.3 is 4.57 Å². The van der Waals surface area contributed by atoms with Gasteiger partial charge in [-0.3, -0.25) is 0 Å². The molecular weight excluding hydrogens is 599 g/mol. The van der Waals surface area contributed by atoms with E-state index in [1.807, 2.05) is 24.3 Å². The third-order valence-corrected chi connectivity index (χ3v) is 14.2. The van der Waals surface area contributed by atoms with Crippen LogP contribution in [0.25, 0.3) is 43.5 Å². The molecule has 0 aliphatic heterocycles. The summed E-state index contributed by atoms with van der Waals surface area (Å²) in [4.78, 5) is 4.13. The quantitative estimate of drug-likeness (QED) is 0.104. The van der Waals surface area contributed by atoms with E-state index < -0.39 is 8.07 Å². The number of nitriles is 1. The highest BCUT2D eigenvalue weighted by Gasteiger charge is 2.43. The van der Waals surface area contributed by atoms with Crippen LogP contribution in [0, 0.1) is 17.9 Å². The van der Waals surface area contributed by atoms with Gasteiger partial charge in [-0.1, -0.05) is 146 Å². The molecular formula is C44H29N3Si. The van der Waals surface area contributed by atoms with Gasteiger partial charge in [-0.2, -0.15) is 5.26 Å². The van der Waals surface area contributed by atoms with Crippen molar-refractivity contribution in [2.45, 2.75) is 0 Å². The Morgan fingerprint density at radius 1 is 0.542 bits per heavy atom. The van der Waals surface area contributed by atoms with Crippen LogP contribution in [0.1, 0.15) is 5.56 Å². The van der Waals surface area contributed by atoms with Crippen LogP contribution in [0.15, 0.2) is 176 Å². The van der Waals surface area contributed by atoms with Gasteiger partial charge in [-0.15, -0.1) is 0 Å². The van der Waals surface area contributed by atoms with Gasteiger partial charge in [0.1, 0.15) is 0 Å². The molecule has 0 spiro atoms. The summed E-state index contributed by atoms with van der Waals surface area (Å²) in [6.45, 7) is 8.44. The second-order valence-electron chi connectivity index (χ2n) is 11.9. The molecule has 8 rings (SSSR count). The van der Waals surface area contributed by atoms with Crippen molar-refractivity contribution in [3.8, 4) is 22.9 Å². The van der Waals surface area contributed by atoms with Gasteiger partial charge >= 0.3 is 0 Å². The van der Waals surface area contributed by atoms with E-state index in [1.54, 1.807) is 0 Å². The maximum absolute atomic E-state index is 10.6. The van der Waals surface area contributed by atoms with Crippen molar-refractivity contribution in [2.24, 2.45) is 0 Å². The monoisotopic (exact) mass is 627 g/mol. The highest BCUT2D eigenvalue weighted by atomic mass is 28.3. The first-order valence-corrected chi connectivity index (χ1v) is 18.0. The van der Waals surface area contributed by atoms with E-state index in [0.29, 0.717) is 11.3 Å². The molecule has 0 saturated carbocycles. The maximum Gasteiger partial charge on any atom is 0.194 e. The number of benzene rings is 7. The van der Waals surface area contributed by atoms with Crippen LogP contribution in [0.2, 0.25) is 0 Å². The van der Waals surface area contributed by atoms with Crippen molar-refractivity contribution < 1.29 is 0 Å². The molecule has 0 aliphatic rings. The first-order valence-electron chi connectivity index (χ1n) is 16.0. The van der Waals surface area contributed by atoms with Crippen LogP contribution >= 0.6 is 0 Å². The van der Waals surface area contributed by atoms with E-state index in [1.165, 1.54) is 26.3 Å². The Balaban J connectivity index is 1.51. The van der Waals surface area contributed by atoms with Crippen LogP contribution in [0.4, 0.5) is 5.69 Å². The van der Waals surface area contributed by atoms with E-state index in [-0.39, 0.29) is 0 Å². The van der Waals surface area contributed by atoms with E-state index in [9.17, 15) is 5.26 Å². The molecule has 0 saturated heterocycles. The Bertz CT molecular complexity index is 2370. The molecule has 48 heavy (non-hydrogen) atoms. The fraction of sp³-hybridized carbons (Fsp3) is 0. The zero-order valence-electron chi connectivity index (χ0n) is 26.1. The molecule has 1 aromatic heterocycles. The molecule has 7 aromatic carbocycles. The van der Waals surface area contributed by atoms with Gasteiger partial charge in [-0.05, 0) is 62.2 Å². The standard InChI is InChI=1S/C44H29N3Si/c1-46-40-24-15-27-43(48(34-16-5-2-6-17-34,35-18-7-3-8-19-35)36-20-9-4-10-21-36)44(40)39-30-33(29-28-32(39)31-45)47-41-25-13-11-22-37(41)38-23-12-14-26-42(38)47/h2-30H. The zero-order chi connectivity index (χ0) is 32.5. The summed E-state index contributed by atoms with van der Waals surface area (Å²) >= 11 is 0. The molecule has 224 valence electrons. The highest BCUT2D eigenvalue weighted by Crippen LogP contribution is 2.37. The molecule has 0 N–H and O–H groups in total. The average Bonchev–Trinajstić information content (AvgIpc) is 3.50. The zero-order valence-corrected chi connectivity index (χ0v) is 27.1. The van der Waals surface area contributed by atoms with Gasteiger partial charge in [0.05, 0.1) is 29.2 Å². The minimum Gasteiger partial charge on any atom is -0.309 e. The predicted octanol–water partition coefficient (Wildman–Crippen LogP) is 8.25. The molecule has 4 heteroatoms. The third-order valence-electron chi connectivity index (χ3n) is 9.42. The fourth-order valence-electron chi connectivity index (χ4n) is 7.44. The first kappa shape index (κ1) is 29.0. The minimum atomic E-state index is -3.04. The average molecular weight is 628 g/mol. The molecule has 1 heterocycles. The molecule has 0 radical (unpaired) electrons. The van der Waals surface area contributed by atoms with Crippen LogP contribution in [-0.2, 0) is 0 Å². The van der Waals surface area contributed by atoms with E-state index in [2.05, 4.69) is 167 Å². The van der Waals surface area contributed by atoms with Crippen molar-refractivity contribution in [3.63, 3.8) is 0 Å². The second-order valence-corrected chi connectivity index (χ2v) is 15.6. The molecule has 0 atom stereocenters. The lowest BCUT2D eigenvalue weighted by atomic mass is 9.97. The van der Waals surface area contributed by atoms with Gasteiger partial charge in [0.15, 0.2) is 13.8 Å². The van der Waals surface area contributed by atoms with Crippen molar-refractivity contribution in [2.75, 3.05) is 0 Å². The van der Waals surface area contributed by atoms with E-state index in [4.69, 9.17) is 6.57 Å². The minimum absolute atomic E-state index is 0.531. The molecule has 3 nitrogen and oxygen atoms in total. The van der Waals surface area contributed by atoms with Crippen LogP contribution in [0.5, 0.6) is 0 Å². The van der Waals surface area contributed by atoms with Gasteiger partial charge in [0, 0.05) is 16.5 Å². The van der Waals surface area contributed by atoms with Gasteiger partial charge in [0.25, 0.3) is 0 Å². The number of nitrogens with zero attached hydrogens (tertiary/aromatic N) is 3. The van der Waals surface area contributed by atoms with Gasteiger partial charge in [0.2, 0.25) is 0 Å². The predicted molar refractivity (Wildman–Crippen MR) is 201 cm³/mol. The first-order chi connectivity index (χ1) is 23.8. The van der Waals surface area contributed by atoms with Crippen LogP contribution in [0.3, 0.4) is 0 Å². The number of hydrogen-bond donors (Lipinski definition) is 0. The Morgan fingerprint density at radius 3 is 1.54 bits per heavy atom. The highest BCUT2D eigenvalue weighted by molar-refractivity contribution is 7.20. The summed E-state index contributed by atoms with van der Waals surface area (Å²) in [5, 5.41) is 17.7. The normalized spacial score (nSPS) is 11.3. The summed E-state index contributed by atoms with van der Waals surface area (Å²) in [6, 6.07) is 63.6. The summed E-state index contributed by atoms with van der Waals surface area (Å²) in [5.41, 5.74) is 5.77. The Hall–Kier alpha value is -6.46. The van der Waals surface area contributed by atoms with Crippen molar-refractivity contribution in [3.05, 3.63) is 193 Å². The maximum atomic E-state index is 10.6. The van der Waals surface area contributed by atoms with Crippen molar-refractivity contribution in [1.29, 1.82) is 5.26 Å². The molecule has 0 fully saturated rings. The molecule has 0 bridgehead atoms. The third kappa shape index (κ3) is 4.48. The largest absolute Gasteiger partial charge is 0.309 e. The summed E-state index contributed by atoms with van der Waals surface area (Å²) < 4.78 is 2.27. The van der Waals surface area contributed by atoms with Crippen LogP contribution < -0.4 is 20.7 Å². The number of aromatic nitrogens is 1. The molecule has 0 unspecified atom stereocenters. The Morgan fingerprint density at radius 2 is 1.04 bits per heavy atom. The van der Waals surface area contributed by atoms with E-state index >= 15 is 0 Å². The summed E-state index contributed by atoms with van der Waals surface area (Å²) in [5.74, 6) is 0.